The average Bonchev–Trinajstić information content (AvgIpc) is 2.49. The van der Waals surface area contributed by atoms with Crippen molar-refractivity contribution < 1.29 is 19.1 Å². The van der Waals surface area contributed by atoms with Gasteiger partial charge in [-0.1, -0.05) is 0 Å². The van der Waals surface area contributed by atoms with Gasteiger partial charge in [0.05, 0.1) is 23.5 Å². The lowest BCUT2D eigenvalue weighted by Gasteiger charge is -2.13. The lowest BCUT2D eigenvalue weighted by Crippen LogP contribution is -2.17. The number of amides is 2. The first-order valence-corrected chi connectivity index (χ1v) is 8.11. The van der Waals surface area contributed by atoms with E-state index in [4.69, 9.17) is 27.9 Å². The summed E-state index contributed by atoms with van der Waals surface area (Å²) in [7, 11) is 0. The van der Waals surface area contributed by atoms with Crippen molar-refractivity contribution in [3.05, 3.63) is 23.8 Å². The monoisotopic (exact) mass is 360 g/mol. The van der Waals surface area contributed by atoms with Crippen LogP contribution in [0.15, 0.2) is 18.2 Å². The van der Waals surface area contributed by atoms with Crippen LogP contribution in [0.1, 0.15) is 30.1 Å². The quantitative estimate of drug-likeness (QED) is 0.551. The molecule has 1 aromatic rings. The van der Waals surface area contributed by atoms with Crippen molar-refractivity contribution in [2.75, 3.05) is 29.0 Å². The molecule has 23 heavy (non-hydrogen) atoms. The molecule has 0 aliphatic carbocycles. The van der Waals surface area contributed by atoms with Gasteiger partial charge in [-0.3, -0.25) is 9.59 Å². The van der Waals surface area contributed by atoms with Crippen LogP contribution in [-0.4, -0.2) is 36.2 Å². The highest BCUT2D eigenvalue weighted by Gasteiger charge is 2.14. The summed E-state index contributed by atoms with van der Waals surface area (Å²) in [5.74, 6) is -0.789. The van der Waals surface area contributed by atoms with Gasteiger partial charge in [0.1, 0.15) is 0 Å². The summed E-state index contributed by atoms with van der Waals surface area (Å²) in [5.41, 5.74) is 0.938. The minimum absolute atomic E-state index is 0.111. The summed E-state index contributed by atoms with van der Waals surface area (Å²) < 4.78 is 4.92. The molecule has 6 nitrogen and oxygen atoms in total. The van der Waals surface area contributed by atoms with E-state index in [-0.39, 0.29) is 48.6 Å². The molecule has 2 N–H and O–H groups in total. The second-order valence-electron chi connectivity index (χ2n) is 4.46. The zero-order chi connectivity index (χ0) is 17.2. The zero-order valence-electron chi connectivity index (χ0n) is 12.7. The van der Waals surface area contributed by atoms with Crippen LogP contribution in [0.25, 0.3) is 0 Å². The van der Waals surface area contributed by atoms with Crippen LogP contribution in [0.2, 0.25) is 0 Å². The van der Waals surface area contributed by atoms with E-state index in [1.54, 1.807) is 6.92 Å². The summed E-state index contributed by atoms with van der Waals surface area (Å²) >= 11 is 11.1. The van der Waals surface area contributed by atoms with Crippen molar-refractivity contribution in [3.8, 4) is 0 Å². The fourth-order valence-electron chi connectivity index (χ4n) is 1.70. The molecule has 2 amide bonds. The van der Waals surface area contributed by atoms with Crippen molar-refractivity contribution >= 4 is 52.4 Å². The van der Waals surface area contributed by atoms with Crippen molar-refractivity contribution in [1.29, 1.82) is 0 Å². The Morgan fingerprint density at radius 1 is 1.00 bits per heavy atom. The Hall–Kier alpha value is -1.79. The van der Waals surface area contributed by atoms with Gasteiger partial charge in [-0.05, 0) is 25.1 Å². The van der Waals surface area contributed by atoms with E-state index in [2.05, 4.69) is 10.6 Å². The lowest BCUT2D eigenvalue weighted by atomic mass is 10.1. The molecule has 0 saturated heterocycles. The maximum absolute atomic E-state index is 11.8. The second-order valence-corrected chi connectivity index (χ2v) is 5.21. The number of halogens is 2. The van der Waals surface area contributed by atoms with Gasteiger partial charge in [-0.25, -0.2) is 4.79 Å². The van der Waals surface area contributed by atoms with Crippen molar-refractivity contribution in [1.82, 2.24) is 0 Å². The van der Waals surface area contributed by atoms with Gasteiger partial charge in [-0.15, -0.1) is 23.2 Å². The third-order valence-corrected chi connectivity index (χ3v) is 3.10. The van der Waals surface area contributed by atoms with Crippen LogP contribution in [0.5, 0.6) is 0 Å². The van der Waals surface area contributed by atoms with Crippen molar-refractivity contribution in [2.45, 2.75) is 19.8 Å². The molecule has 0 atom stereocenters. The summed E-state index contributed by atoms with van der Waals surface area (Å²) in [6.07, 6.45) is 0.247. The molecular formula is C15H18Cl2N2O4. The van der Waals surface area contributed by atoms with Crippen molar-refractivity contribution in [2.24, 2.45) is 0 Å². The second kappa shape index (κ2) is 10.1. The number of hydrogen-bond acceptors (Lipinski definition) is 4. The standard InChI is InChI=1S/C15H18Cl2N2O4/c1-2-23-15(22)10-3-4-11(18-13(20)5-7-16)12(9-10)19-14(21)6-8-17/h3-4,9H,2,5-8H2,1H3,(H,18,20)(H,19,21). The molecule has 1 rings (SSSR count). The Balaban J connectivity index is 3.04. The fourth-order valence-corrected chi connectivity index (χ4v) is 2.04. The summed E-state index contributed by atoms with van der Waals surface area (Å²) in [6.45, 7) is 1.93. The number of ether oxygens (including phenoxy) is 1. The predicted molar refractivity (Wildman–Crippen MR) is 90.3 cm³/mol. The highest BCUT2D eigenvalue weighted by Crippen LogP contribution is 2.24. The van der Waals surface area contributed by atoms with E-state index < -0.39 is 5.97 Å². The Kier molecular flexibility index (Phi) is 8.43. The topological polar surface area (TPSA) is 84.5 Å². The lowest BCUT2D eigenvalue weighted by molar-refractivity contribution is -0.116. The molecule has 0 bridgehead atoms. The van der Waals surface area contributed by atoms with E-state index >= 15 is 0 Å². The summed E-state index contributed by atoms with van der Waals surface area (Å²) in [5, 5.41) is 5.25. The molecule has 8 heteroatoms. The Morgan fingerprint density at radius 3 is 2.09 bits per heavy atom. The first-order valence-electron chi connectivity index (χ1n) is 7.04. The number of rotatable bonds is 8. The average molecular weight is 361 g/mol. The Bertz CT molecular complexity index is 579. The molecule has 0 unspecified atom stereocenters. The van der Waals surface area contributed by atoms with Gasteiger partial charge in [0.15, 0.2) is 0 Å². The van der Waals surface area contributed by atoms with E-state index in [9.17, 15) is 14.4 Å². The molecule has 0 aromatic heterocycles. The van der Waals surface area contributed by atoms with Gasteiger partial charge >= 0.3 is 5.97 Å². The molecule has 0 aliphatic rings. The van der Waals surface area contributed by atoms with Crippen LogP contribution in [0.4, 0.5) is 11.4 Å². The Labute approximate surface area is 144 Å². The first-order chi connectivity index (χ1) is 11.0. The molecule has 0 heterocycles. The molecule has 0 aliphatic heterocycles. The number of anilines is 2. The number of nitrogens with one attached hydrogen (secondary N) is 2. The van der Waals surface area contributed by atoms with E-state index in [1.807, 2.05) is 0 Å². The minimum Gasteiger partial charge on any atom is -0.462 e. The Morgan fingerprint density at radius 2 is 1.57 bits per heavy atom. The molecule has 0 radical (unpaired) electrons. The smallest absolute Gasteiger partial charge is 0.338 e. The molecular weight excluding hydrogens is 343 g/mol. The SMILES string of the molecule is CCOC(=O)c1ccc(NC(=O)CCCl)c(NC(=O)CCCl)c1. The maximum Gasteiger partial charge on any atom is 0.338 e. The van der Waals surface area contributed by atoms with Crippen LogP contribution in [0, 0.1) is 0 Å². The van der Waals surface area contributed by atoms with E-state index in [0.29, 0.717) is 11.4 Å². The summed E-state index contributed by atoms with van der Waals surface area (Å²) in [6, 6.07) is 4.47. The fraction of sp³-hybridized carbons (Fsp3) is 0.400. The molecule has 126 valence electrons. The van der Waals surface area contributed by atoms with Gasteiger partial charge in [0, 0.05) is 24.6 Å². The van der Waals surface area contributed by atoms with Crippen LogP contribution < -0.4 is 10.6 Å². The number of carbonyl (C=O) groups excluding carboxylic acids is 3. The van der Waals surface area contributed by atoms with Gasteiger partial charge in [-0.2, -0.15) is 0 Å². The number of carbonyl (C=O) groups is 3. The normalized spacial score (nSPS) is 10.0. The van der Waals surface area contributed by atoms with Crippen LogP contribution >= 0.6 is 23.2 Å². The van der Waals surface area contributed by atoms with E-state index in [0.717, 1.165) is 0 Å². The van der Waals surface area contributed by atoms with Crippen LogP contribution in [0.3, 0.4) is 0 Å². The zero-order valence-corrected chi connectivity index (χ0v) is 14.2. The number of esters is 1. The molecule has 1 aromatic carbocycles. The molecule has 0 fully saturated rings. The minimum atomic E-state index is -0.515. The number of alkyl halides is 2. The highest BCUT2D eigenvalue weighted by molar-refractivity contribution is 6.20. The number of benzene rings is 1. The first kappa shape index (κ1) is 19.3. The van der Waals surface area contributed by atoms with Gasteiger partial charge in [0.2, 0.25) is 11.8 Å². The van der Waals surface area contributed by atoms with Crippen molar-refractivity contribution in [3.63, 3.8) is 0 Å². The predicted octanol–water partition coefficient (Wildman–Crippen LogP) is 3.00. The maximum atomic E-state index is 11.8. The molecule has 0 saturated carbocycles. The summed E-state index contributed by atoms with van der Waals surface area (Å²) in [4.78, 5) is 35.2. The highest BCUT2D eigenvalue weighted by atomic mass is 35.5. The largest absolute Gasteiger partial charge is 0.462 e. The number of hydrogen-bond donors (Lipinski definition) is 2. The van der Waals surface area contributed by atoms with E-state index in [1.165, 1.54) is 18.2 Å². The van der Waals surface area contributed by atoms with Gasteiger partial charge < -0.3 is 15.4 Å². The third-order valence-electron chi connectivity index (χ3n) is 2.72. The molecule has 0 spiro atoms. The van der Waals surface area contributed by atoms with Gasteiger partial charge in [0.25, 0.3) is 0 Å². The van der Waals surface area contributed by atoms with Crippen LogP contribution in [-0.2, 0) is 14.3 Å². The third kappa shape index (κ3) is 6.46.